The van der Waals surface area contributed by atoms with Gasteiger partial charge in [0.1, 0.15) is 11.4 Å². The van der Waals surface area contributed by atoms with Crippen LogP contribution in [0.3, 0.4) is 0 Å². The highest BCUT2D eigenvalue weighted by molar-refractivity contribution is 5.16. The number of aliphatic hydroxyl groups excluding tert-OH is 1. The van der Waals surface area contributed by atoms with Gasteiger partial charge in [0.25, 0.3) is 0 Å². The third-order valence-corrected chi connectivity index (χ3v) is 4.63. The molecule has 1 aromatic carbocycles. The van der Waals surface area contributed by atoms with E-state index < -0.39 is 5.72 Å². The maximum Gasteiger partial charge on any atom is 0.147 e. The van der Waals surface area contributed by atoms with Crippen LogP contribution in [0.4, 0.5) is 0 Å². The summed E-state index contributed by atoms with van der Waals surface area (Å²) in [5.41, 5.74) is 0.176. The van der Waals surface area contributed by atoms with E-state index in [1.54, 1.807) is 14.2 Å². The summed E-state index contributed by atoms with van der Waals surface area (Å²) < 4.78 is 11.5. The van der Waals surface area contributed by atoms with E-state index in [2.05, 4.69) is 24.0 Å². The predicted molar refractivity (Wildman–Crippen MR) is 78.1 cm³/mol. The lowest BCUT2D eigenvalue weighted by atomic mass is 10.1. The van der Waals surface area contributed by atoms with Crippen LogP contribution in [-0.4, -0.2) is 42.3 Å². The van der Waals surface area contributed by atoms with Gasteiger partial charge in [-0.2, -0.15) is 0 Å². The quantitative estimate of drug-likeness (QED) is 0.868. The summed E-state index contributed by atoms with van der Waals surface area (Å²) in [5, 5.41) is 9.87. The summed E-state index contributed by atoms with van der Waals surface area (Å²) in [5.74, 6) is 0. The Morgan fingerprint density at radius 1 is 1.10 bits per heavy atom. The topological polar surface area (TPSA) is 41.9 Å². The molecule has 112 valence electrons. The van der Waals surface area contributed by atoms with Crippen molar-refractivity contribution in [2.45, 2.75) is 44.2 Å². The molecule has 0 saturated carbocycles. The molecule has 2 unspecified atom stereocenters. The first-order valence-electron chi connectivity index (χ1n) is 7.19. The van der Waals surface area contributed by atoms with Crippen LogP contribution in [-0.2, 0) is 16.0 Å². The highest BCUT2D eigenvalue weighted by atomic mass is 16.5. The molecule has 2 rings (SSSR count). The Morgan fingerprint density at radius 2 is 1.70 bits per heavy atom. The molecule has 2 atom stereocenters. The molecular formula is C16H25NO3. The SMILES string of the molecule is CCC1(OC)CCC(CO)(OC)N1Cc1ccccc1. The van der Waals surface area contributed by atoms with E-state index in [-0.39, 0.29) is 12.3 Å². The Hall–Kier alpha value is -0.940. The molecule has 0 aromatic heterocycles. The Kier molecular flexibility index (Phi) is 4.81. The summed E-state index contributed by atoms with van der Waals surface area (Å²) in [6.07, 6.45) is 2.50. The number of methoxy groups -OCH3 is 2. The normalized spacial score (nSPS) is 30.8. The van der Waals surface area contributed by atoms with Crippen LogP contribution >= 0.6 is 0 Å². The zero-order chi connectivity index (χ0) is 14.6. The Labute approximate surface area is 121 Å². The zero-order valence-corrected chi connectivity index (χ0v) is 12.6. The summed E-state index contributed by atoms with van der Waals surface area (Å²) in [4.78, 5) is 2.18. The molecule has 1 aromatic rings. The van der Waals surface area contributed by atoms with Crippen molar-refractivity contribution >= 4 is 0 Å². The van der Waals surface area contributed by atoms with Crippen molar-refractivity contribution in [1.29, 1.82) is 0 Å². The molecule has 1 saturated heterocycles. The molecule has 0 bridgehead atoms. The van der Waals surface area contributed by atoms with Crippen LogP contribution in [0.2, 0.25) is 0 Å². The van der Waals surface area contributed by atoms with Crippen molar-refractivity contribution in [3.8, 4) is 0 Å². The minimum Gasteiger partial charge on any atom is -0.392 e. The number of hydrogen-bond donors (Lipinski definition) is 1. The van der Waals surface area contributed by atoms with Gasteiger partial charge in [0.15, 0.2) is 0 Å². The van der Waals surface area contributed by atoms with E-state index in [0.717, 1.165) is 19.3 Å². The Bertz CT molecular complexity index is 393. The van der Waals surface area contributed by atoms with E-state index in [4.69, 9.17) is 9.47 Å². The second-order valence-corrected chi connectivity index (χ2v) is 5.38. The van der Waals surface area contributed by atoms with Crippen LogP contribution in [0.1, 0.15) is 31.7 Å². The third kappa shape index (κ3) is 2.49. The van der Waals surface area contributed by atoms with Crippen molar-refractivity contribution in [3.63, 3.8) is 0 Å². The average Bonchev–Trinajstić information content (AvgIpc) is 2.83. The molecule has 0 aliphatic carbocycles. The largest absolute Gasteiger partial charge is 0.392 e. The molecule has 1 aliphatic heterocycles. The van der Waals surface area contributed by atoms with E-state index in [1.807, 2.05) is 18.2 Å². The fraction of sp³-hybridized carbons (Fsp3) is 0.625. The van der Waals surface area contributed by atoms with Crippen LogP contribution in [0.25, 0.3) is 0 Å². The number of hydrogen-bond acceptors (Lipinski definition) is 4. The first kappa shape index (κ1) is 15.4. The first-order valence-corrected chi connectivity index (χ1v) is 7.19. The zero-order valence-electron chi connectivity index (χ0n) is 12.6. The average molecular weight is 279 g/mol. The number of ether oxygens (including phenoxy) is 2. The summed E-state index contributed by atoms with van der Waals surface area (Å²) in [6, 6.07) is 10.2. The summed E-state index contributed by atoms with van der Waals surface area (Å²) in [6.45, 7) is 2.79. The maximum atomic E-state index is 9.87. The number of likely N-dealkylation sites (tertiary alicyclic amines) is 1. The molecule has 0 spiro atoms. The molecule has 1 aliphatic rings. The summed E-state index contributed by atoms with van der Waals surface area (Å²) >= 11 is 0. The van der Waals surface area contributed by atoms with Gasteiger partial charge in [0.05, 0.1) is 6.61 Å². The minimum absolute atomic E-state index is 0.0263. The van der Waals surface area contributed by atoms with Crippen molar-refractivity contribution in [1.82, 2.24) is 4.90 Å². The molecule has 4 nitrogen and oxygen atoms in total. The van der Waals surface area contributed by atoms with Crippen LogP contribution in [0.15, 0.2) is 30.3 Å². The van der Waals surface area contributed by atoms with E-state index in [1.165, 1.54) is 5.56 Å². The van der Waals surface area contributed by atoms with E-state index in [9.17, 15) is 5.11 Å². The van der Waals surface area contributed by atoms with Crippen molar-refractivity contribution in [2.24, 2.45) is 0 Å². The van der Waals surface area contributed by atoms with Gasteiger partial charge in [-0.15, -0.1) is 0 Å². The molecule has 1 N–H and O–H groups in total. The smallest absolute Gasteiger partial charge is 0.147 e. The van der Waals surface area contributed by atoms with Gasteiger partial charge in [-0.05, 0) is 24.8 Å². The molecule has 1 heterocycles. The van der Waals surface area contributed by atoms with Gasteiger partial charge in [-0.25, -0.2) is 4.90 Å². The van der Waals surface area contributed by atoms with Gasteiger partial charge >= 0.3 is 0 Å². The van der Waals surface area contributed by atoms with Crippen molar-refractivity contribution < 1.29 is 14.6 Å². The van der Waals surface area contributed by atoms with Gasteiger partial charge in [-0.3, -0.25) is 0 Å². The van der Waals surface area contributed by atoms with Crippen molar-refractivity contribution in [3.05, 3.63) is 35.9 Å². The molecule has 0 radical (unpaired) electrons. The number of nitrogens with zero attached hydrogens (tertiary/aromatic N) is 1. The second kappa shape index (κ2) is 6.22. The summed E-state index contributed by atoms with van der Waals surface area (Å²) in [7, 11) is 3.40. The Balaban J connectivity index is 2.34. The fourth-order valence-electron chi connectivity index (χ4n) is 3.25. The predicted octanol–water partition coefficient (Wildman–Crippen LogP) is 2.37. The lowest BCUT2D eigenvalue weighted by Gasteiger charge is -2.44. The van der Waals surface area contributed by atoms with Gasteiger partial charge < -0.3 is 14.6 Å². The fourth-order valence-corrected chi connectivity index (χ4v) is 3.25. The van der Waals surface area contributed by atoms with Crippen LogP contribution in [0, 0.1) is 0 Å². The molecule has 1 fully saturated rings. The van der Waals surface area contributed by atoms with Crippen molar-refractivity contribution in [2.75, 3.05) is 20.8 Å². The number of aliphatic hydroxyl groups is 1. The lowest BCUT2D eigenvalue weighted by molar-refractivity contribution is -0.227. The lowest BCUT2D eigenvalue weighted by Crippen LogP contribution is -2.57. The molecule has 0 amide bonds. The minimum atomic E-state index is -0.651. The highest BCUT2D eigenvalue weighted by Crippen LogP contribution is 2.44. The Morgan fingerprint density at radius 3 is 2.20 bits per heavy atom. The van der Waals surface area contributed by atoms with Crippen LogP contribution < -0.4 is 0 Å². The first-order chi connectivity index (χ1) is 9.66. The third-order valence-electron chi connectivity index (χ3n) is 4.63. The van der Waals surface area contributed by atoms with Crippen LogP contribution in [0.5, 0.6) is 0 Å². The molecule has 4 heteroatoms. The maximum absolute atomic E-state index is 9.87. The molecule has 20 heavy (non-hydrogen) atoms. The number of benzene rings is 1. The number of rotatable bonds is 6. The molecular weight excluding hydrogens is 254 g/mol. The second-order valence-electron chi connectivity index (χ2n) is 5.38. The standard InChI is InChI=1S/C16H25NO3/c1-4-15(19-2)10-11-16(13-18,20-3)17(15)12-14-8-6-5-7-9-14/h5-9,18H,4,10-13H2,1-3H3. The van der Waals surface area contributed by atoms with Gasteiger partial charge in [-0.1, -0.05) is 37.3 Å². The van der Waals surface area contributed by atoms with E-state index in [0.29, 0.717) is 6.54 Å². The van der Waals surface area contributed by atoms with E-state index >= 15 is 0 Å². The highest BCUT2D eigenvalue weighted by Gasteiger charge is 2.54. The van der Waals surface area contributed by atoms with Gasteiger partial charge in [0.2, 0.25) is 0 Å². The van der Waals surface area contributed by atoms with Gasteiger partial charge in [0, 0.05) is 20.8 Å². The monoisotopic (exact) mass is 279 g/mol.